The van der Waals surface area contributed by atoms with Crippen LogP contribution in [0.15, 0.2) is 121 Å². The Balaban J connectivity index is 1.40. The monoisotopic (exact) mass is 676 g/mol. The summed E-state index contributed by atoms with van der Waals surface area (Å²) in [5.74, 6) is 0.518. The van der Waals surface area contributed by atoms with Gasteiger partial charge in [0.05, 0.1) is 20.3 Å². The van der Waals surface area contributed by atoms with E-state index in [2.05, 4.69) is 93.2 Å². The third kappa shape index (κ3) is 9.85. The minimum absolute atomic E-state index is 0.0286. The summed E-state index contributed by atoms with van der Waals surface area (Å²) in [7, 11) is 1.66. The van der Waals surface area contributed by atoms with Gasteiger partial charge < -0.3 is 28.7 Å². The van der Waals surface area contributed by atoms with Crippen molar-refractivity contribution in [3.05, 3.63) is 132 Å². The van der Waals surface area contributed by atoms with Gasteiger partial charge in [-0.15, -0.1) is 0 Å². The number of ether oxygens (including phenoxy) is 4. The molecule has 5 rings (SSSR count). The van der Waals surface area contributed by atoms with Crippen LogP contribution in [0.5, 0.6) is 11.5 Å². The van der Waals surface area contributed by atoms with Crippen LogP contribution in [0.25, 0.3) is 0 Å². The largest absolute Gasteiger partial charge is 0.513 e. The zero-order valence-electron chi connectivity index (χ0n) is 28.5. The van der Waals surface area contributed by atoms with Crippen LogP contribution in [-0.2, 0) is 24.0 Å². The first-order valence-electron chi connectivity index (χ1n) is 16.1. The van der Waals surface area contributed by atoms with Crippen LogP contribution in [-0.4, -0.2) is 45.7 Å². The molecule has 0 amide bonds. The molecule has 10 heteroatoms. The molecule has 5 aromatic carbocycles. The first kappa shape index (κ1) is 35.5. The van der Waals surface area contributed by atoms with Crippen LogP contribution in [0, 0.1) is 13.8 Å². The van der Waals surface area contributed by atoms with Crippen LogP contribution in [0.3, 0.4) is 0 Å². The molecule has 0 spiro atoms. The minimum atomic E-state index is -0.863. The van der Waals surface area contributed by atoms with Crippen LogP contribution >= 0.6 is 0 Å². The van der Waals surface area contributed by atoms with Crippen LogP contribution in [0.4, 0.5) is 38.9 Å². The van der Waals surface area contributed by atoms with Gasteiger partial charge in [-0.1, -0.05) is 53.6 Å². The fourth-order valence-electron chi connectivity index (χ4n) is 5.12. The summed E-state index contributed by atoms with van der Waals surface area (Å²) < 4.78 is 21.6. The van der Waals surface area contributed by atoms with Gasteiger partial charge in [-0.3, -0.25) is 4.89 Å². The molecule has 5 aromatic rings. The SMILES string of the molecule is COc1cccc(N(c2ccc(C)cc2)c2cccc(N(c3ccc(C)cc3)c3cccc(OC(=O)OCCOCCOOC(C)=O)c3)c2)c1. The van der Waals surface area contributed by atoms with Gasteiger partial charge in [-0.2, -0.15) is 4.89 Å². The smallest absolute Gasteiger partial charge is 0.497 e. The van der Waals surface area contributed by atoms with E-state index in [4.69, 9.17) is 18.9 Å². The summed E-state index contributed by atoms with van der Waals surface area (Å²) in [5, 5.41) is 0. The zero-order valence-corrected chi connectivity index (χ0v) is 28.5. The van der Waals surface area contributed by atoms with Gasteiger partial charge in [0.15, 0.2) is 0 Å². The van der Waals surface area contributed by atoms with Gasteiger partial charge in [-0.05, 0) is 80.6 Å². The van der Waals surface area contributed by atoms with Gasteiger partial charge in [0.1, 0.15) is 24.7 Å². The summed E-state index contributed by atoms with van der Waals surface area (Å²) in [6.07, 6.45) is -0.863. The quantitative estimate of drug-likeness (QED) is 0.0351. The second-order valence-corrected chi connectivity index (χ2v) is 11.3. The Morgan fingerprint density at radius 3 is 1.58 bits per heavy atom. The van der Waals surface area contributed by atoms with E-state index in [-0.39, 0.29) is 26.4 Å². The first-order valence-corrected chi connectivity index (χ1v) is 16.1. The van der Waals surface area contributed by atoms with Crippen molar-refractivity contribution in [2.75, 3.05) is 43.3 Å². The summed E-state index contributed by atoms with van der Waals surface area (Å²) in [6.45, 7) is 5.65. The second-order valence-electron chi connectivity index (χ2n) is 11.3. The third-order valence-electron chi connectivity index (χ3n) is 7.45. The Labute approximate surface area is 292 Å². The van der Waals surface area contributed by atoms with Gasteiger partial charge in [0, 0.05) is 53.2 Å². The number of carbonyl (C=O) groups excluding carboxylic acids is 2. The van der Waals surface area contributed by atoms with Crippen molar-refractivity contribution in [1.29, 1.82) is 0 Å². The average Bonchev–Trinajstić information content (AvgIpc) is 3.12. The Kier molecular flexibility index (Phi) is 12.4. The number of benzene rings is 5. The van der Waals surface area contributed by atoms with E-state index in [1.807, 2.05) is 49.4 Å². The molecule has 0 heterocycles. The van der Waals surface area contributed by atoms with E-state index in [9.17, 15) is 9.59 Å². The molecule has 0 aliphatic rings. The second kappa shape index (κ2) is 17.5. The molecule has 258 valence electrons. The van der Waals surface area contributed by atoms with Crippen LogP contribution in [0.2, 0.25) is 0 Å². The summed E-state index contributed by atoms with van der Waals surface area (Å²) in [5.41, 5.74) is 7.77. The normalized spacial score (nSPS) is 10.6. The van der Waals surface area contributed by atoms with Crippen molar-refractivity contribution in [3.63, 3.8) is 0 Å². The highest BCUT2D eigenvalue weighted by molar-refractivity contribution is 5.83. The van der Waals surface area contributed by atoms with Gasteiger partial charge in [-0.25, -0.2) is 9.59 Å². The lowest BCUT2D eigenvalue weighted by atomic mass is 10.1. The highest BCUT2D eigenvalue weighted by Gasteiger charge is 2.19. The van der Waals surface area contributed by atoms with Crippen LogP contribution in [0.1, 0.15) is 18.1 Å². The van der Waals surface area contributed by atoms with Gasteiger partial charge >= 0.3 is 12.1 Å². The Morgan fingerprint density at radius 2 is 1.04 bits per heavy atom. The Morgan fingerprint density at radius 1 is 0.560 bits per heavy atom. The number of aryl methyl sites for hydroxylation is 2. The number of nitrogens with zero attached hydrogens (tertiary/aromatic N) is 2. The topological polar surface area (TPSA) is 96.0 Å². The molecule has 0 saturated heterocycles. The van der Waals surface area contributed by atoms with E-state index >= 15 is 0 Å². The van der Waals surface area contributed by atoms with Crippen molar-refractivity contribution in [1.82, 2.24) is 0 Å². The number of hydrogen-bond acceptors (Lipinski definition) is 10. The number of rotatable bonds is 15. The average molecular weight is 677 g/mol. The molecule has 10 nitrogen and oxygen atoms in total. The van der Waals surface area contributed by atoms with E-state index in [0.29, 0.717) is 5.75 Å². The van der Waals surface area contributed by atoms with E-state index in [1.165, 1.54) is 12.5 Å². The molecule has 0 N–H and O–H groups in total. The fourth-order valence-corrected chi connectivity index (χ4v) is 5.12. The molecule has 0 bridgehead atoms. The Hall–Kier alpha value is -5.84. The molecule has 0 fully saturated rings. The lowest BCUT2D eigenvalue weighted by Gasteiger charge is -2.29. The maximum absolute atomic E-state index is 12.5. The number of methoxy groups -OCH3 is 1. The standard InChI is InChI=1S/C40H40N2O8/c1-29-14-18-32(19-15-29)41(36-10-6-12-38(27-36)45-4)34-8-5-9-35(26-34)42(33-20-16-30(2)17-21-33)37-11-7-13-39(28-37)49-40(44)47-24-22-46-23-25-48-50-31(3)43/h5-21,26-28H,22-25H2,1-4H3. The third-order valence-corrected chi connectivity index (χ3v) is 7.45. The van der Waals surface area contributed by atoms with E-state index in [0.717, 1.165) is 45.4 Å². The minimum Gasteiger partial charge on any atom is -0.497 e. The molecule has 50 heavy (non-hydrogen) atoms. The predicted octanol–water partition coefficient (Wildman–Crippen LogP) is 9.28. The maximum atomic E-state index is 12.5. The number of anilines is 6. The van der Waals surface area contributed by atoms with E-state index < -0.39 is 12.1 Å². The Bertz CT molecular complexity index is 1860. The highest BCUT2D eigenvalue weighted by atomic mass is 17.2. The van der Waals surface area contributed by atoms with E-state index in [1.54, 1.807) is 19.2 Å². The summed E-state index contributed by atoms with van der Waals surface area (Å²) >= 11 is 0. The van der Waals surface area contributed by atoms with Crippen molar-refractivity contribution in [2.24, 2.45) is 0 Å². The predicted molar refractivity (Wildman–Crippen MR) is 192 cm³/mol. The first-order chi connectivity index (χ1) is 24.3. The molecule has 0 aliphatic carbocycles. The van der Waals surface area contributed by atoms with Gasteiger partial charge in [0.2, 0.25) is 0 Å². The fraction of sp³-hybridized carbons (Fsp3) is 0.200. The van der Waals surface area contributed by atoms with Crippen molar-refractivity contribution in [2.45, 2.75) is 20.8 Å². The zero-order chi connectivity index (χ0) is 35.3. The molecule has 0 saturated carbocycles. The highest BCUT2D eigenvalue weighted by Crippen LogP contribution is 2.41. The summed E-state index contributed by atoms with van der Waals surface area (Å²) in [4.78, 5) is 36.6. The van der Waals surface area contributed by atoms with Crippen molar-refractivity contribution >= 4 is 46.2 Å². The van der Waals surface area contributed by atoms with Crippen molar-refractivity contribution in [3.8, 4) is 11.5 Å². The maximum Gasteiger partial charge on any atom is 0.513 e. The molecule has 0 aromatic heterocycles. The molecular formula is C40H40N2O8. The number of hydrogen-bond donors (Lipinski definition) is 0. The van der Waals surface area contributed by atoms with Gasteiger partial charge in [0.25, 0.3) is 0 Å². The lowest BCUT2D eigenvalue weighted by Crippen LogP contribution is -2.16. The van der Waals surface area contributed by atoms with Crippen molar-refractivity contribution < 1.29 is 38.3 Å². The number of carbonyl (C=O) groups is 2. The molecule has 0 aliphatic heterocycles. The molecule has 0 atom stereocenters. The molecular weight excluding hydrogens is 636 g/mol. The van der Waals surface area contributed by atoms with Crippen LogP contribution < -0.4 is 19.3 Å². The molecule has 0 unspecified atom stereocenters. The lowest BCUT2D eigenvalue weighted by molar-refractivity contribution is -0.274. The molecule has 0 radical (unpaired) electrons. The summed E-state index contributed by atoms with van der Waals surface area (Å²) in [6, 6.07) is 40.1.